The van der Waals surface area contributed by atoms with Gasteiger partial charge in [-0.15, -0.1) is 11.8 Å². The fourth-order valence-corrected chi connectivity index (χ4v) is 3.21. The number of thioether (sulfide) groups is 2. The monoisotopic (exact) mass is 339 g/mol. The SMILES string of the molecule is C=C(C)CSC(C=CSc1ccccc1)=Nc1ccc(C)cc1. The second-order valence-corrected chi connectivity index (χ2v) is 7.24. The smallest absolute Gasteiger partial charge is 0.0975 e. The summed E-state index contributed by atoms with van der Waals surface area (Å²) in [5.41, 5.74) is 3.38. The van der Waals surface area contributed by atoms with Gasteiger partial charge in [-0.2, -0.15) is 0 Å². The molecule has 0 aliphatic rings. The third-order valence-corrected chi connectivity index (χ3v) is 4.87. The van der Waals surface area contributed by atoms with Gasteiger partial charge in [0.2, 0.25) is 0 Å². The van der Waals surface area contributed by atoms with Crippen molar-refractivity contribution in [3.8, 4) is 0 Å². The fraction of sp³-hybridized carbons (Fsp3) is 0.150. The molecule has 23 heavy (non-hydrogen) atoms. The maximum Gasteiger partial charge on any atom is 0.0975 e. The topological polar surface area (TPSA) is 12.4 Å². The molecule has 0 amide bonds. The summed E-state index contributed by atoms with van der Waals surface area (Å²) in [7, 11) is 0. The third kappa shape index (κ3) is 6.93. The van der Waals surface area contributed by atoms with Crippen LogP contribution in [0.4, 0.5) is 5.69 Å². The minimum atomic E-state index is 0.880. The van der Waals surface area contributed by atoms with Crippen molar-refractivity contribution < 1.29 is 0 Å². The van der Waals surface area contributed by atoms with Crippen molar-refractivity contribution in [2.75, 3.05) is 5.75 Å². The molecule has 0 bridgehead atoms. The van der Waals surface area contributed by atoms with Gasteiger partial charge in [0.15, 0.2) is 0 Å². The molecule has 0 heterocycles. The van der Waals surface area contributed by atoms with Gasteiger partial charge in [-0.1, -0.05) is 59.8 Å². The zero-order valence-electron chi connectivity index (χ0n) is 13.5. The van der Waals surface area contributed by atoms with Crippen LogP contribution in [0.1, 0.15) is 12.5 Å². The standard InChI is InChI=1S/C20H21NS2/c1-16(2)15-23-20(21-18-11-9-17(3)10-12-18)13-14-22-19-7-5-4-6-8-19/h4-14H,1,15H2,2-3H3. The van der Waals surface area contributed by atoms with E-state index in [9.17, 15) is 0 Å². The van der Waals surface area contributed by atoms with Gasteiger partial charge in [0.25, 0.3) is 0 Å². The van der Waals surface area contributed by atoms with Gasteiger partial charge in [0, 0.05) is 10.6 Å². The highest BCUT2D eigenvalue weighted by Gasteiger charge is 1.99. The van der Waals surface area contributed by atoms with E-state index >= 15 is 0 Å². The Morgan fingerprint density at radius 2 is 1.78 bits per heavy atom. The molecule has 0 saturated heterocycles. The van der Waals surface area contributed by atoms with E-state index in [1.54, 1.807) is 23.5 Å². The first-order valence-corrected chi connectivity index (χ1v) is 9.31. The van der Waals surface area contributed by atoms with Crippen LogP contribution in [-0.2, 0) is 0 Å². The summed E-state index contributed by atoms with van der Waals surface area (Å²) in [6.45, 7) is 8.09. The molecule has 3 heteroatoms. The molecule has 2 aromatic rings. The lowest BCUT2D eigenvalue weighted by atomic mass is 10.2. The first-order valence-electron chi connectivity index (χ1n) is 7.44. The lowest BCUT2D eigenvalue weighted by Crippen LogP contribution is -1.90. The number of benzene rings is 2. The van der Waals surface area contributed by atoms with Crippen molar-refractivity contribution in [3.63, 3.8) is 0 Å². The van der Waals surface area contributed by atoms with E-state index in [1.165, 1.54) is 10.5 Å². The molecule has 0 unspecified atom stereocenters. The van der Waals surface area contributed by atoms with Crippen molar-refractivity contribution in [2.24, 2.45) is 4.99 Å². The molecule has 0 aromatic heterocycles. The molecular weight excluding hydrogens is 318 g/mol. The van der Waals surface area contributed by atoms with Crippen LogP contribution in [0.5, 0.6) is 0 Å². The van der Waals surface area contributed by atoms with Gasteiger partial charge < -0.3 is 0 Å². The second kappa shape index (κ2) is 9.43. The Bertz CT molecular complexity index is 685. The summed E-state index contributed by atoms with van der Waals surface area (Å²) in [6, 6.07) is 18.6. The lowest BCUT2D eigenvalue weighted by Gasteiger charge is -2.03. The van der Waals surface area contributed by atoms with E-state index in [2.05, 4.69) is 61.4 Å². The predicted octanol–water partition coefficient (Wildman–Crippen LogP) is 6.64. The summed E-state index contributed by atoms with van der Waals surface area (Å²) >= 11 is 3.41. The number of aliphatic imine (C=N–C) groups is 1. The molecule has 0 aliphatic carbocycles. The van der Waals surface area contributed by atoms with Gasteiger partial charge in [0.1, 0.15) is 0 Å². The summed E-state index contributed by atoms with van der Waals surface area (Å²) in [4.78, 5) is 5.97. The van der Waals surface area contributed by atoms with E-state index in [4.69, 9.17) is 4.99 Å². The summed E-state index contributed by atoms with van der Waals surface area (Å²) < 4.78 is 0. The first-order chi connectivity index (χ1) is 11.1. The molecule has 0 spiro atoms. The zero-order valence-corrected chi connectivity index (χ0v) is 15.2. The molecule has 118 valence electrons. The highest BCUT2D eigenvalue weighted by atomic mass is 32.2. The fourth-order valence-electron chi connectivity index (χ4n) is 1.73. The Labute approximate surface area is 147 Å². The van der Waals surface area contributed by atoms with Crippen LogP contribution in [0.2, 0.25) is 0 Å². The minimum Gasteiger partial charge on any atom is -0.242 e. The summed E-state index contributed by atoms with van der Waals surface area (Å²) in [6.07, 6.45) is 2.07. The van der Waals surface area contributed by atoms with Crippen molar-refractivity contribution in [1.29, 1.82) is 0 Å². The molecule has 0 fully saturated rings. The number of hydrogen-bond acceptors (Lipinski definition) is 3. The van der Waals surface area contributed by atoms with Crippen LogP contribution in [0.15, 0.2) is 88.1 Å². The number of rotatable bonds is 6. The molecule has 0 aliphatic heterocycles. The Hall–Kier alpha value is -1.71. The van der Waals surface area contributed by atoms with Crippen molar-refractivity contribution in [3.05, 3.63) is 83.8 Å². The number of aryl methyl sites for hydroxylation is 1. The van der Waals surface area contributed by atoms with Crippen molar-refractivity contribution >= 4 is 34.3 Å². The minimum absolute atomic E-state index is 0.880. The van der Waals surface area contributed by atoms with Crippen molar-refractivity contribution in [2.45, 2.75) is 18.7 Å². The maximum absolute atomic E-state index is 4.74. The van der Waals surface area contributed by atoms with E-state index < -0.39 is 0 Å². The van der Waals surface area contributed by atoms with Gasteiger partial charge in [0.05, 0.1) is 10.7 Å². The summed E-state index contributed by atoms with van der Waals surface area (Å²) in [5.74, 6) is 0.880. The Kier molecular flexibility index (Phi) is 7.24. The van der Waals surface area contributed by atoms with E-state index in [0.717, 1.165) is 22.1 Å². The second-order valence-electron chi connectivity index (χ2n) is 5.27. The lowest BCUT2D eigenvalue weighted by molar-refractivity contribution is 1.43. The van der Waals surface area contributed by atoms with Crippen LogP contribution in [0.25, 0.3) is 0 Å². The predicted molar refractivity (Wildman–Crippen MR) is 107 cm³/mol. The average Bonchev–Trinajstić information content (AvgIpc) is 2.55. The first kappa shape index (κ1) is 17.6. The van der Waals surface area contributed by atoms with E-state index in [1.807, 2.05) is 25.1 Å². The quantitative estimate of drug-likeness (QED) is 0.253. The van der Waals surface area contributed by atoms with Crippen LogP contribution < -0.4 is 0 Å². The Morgan fingerprint density at radius 1 is 1.09 bits per heavy atom. The van der Waals surface area contributed by atoms with Gasteiger partial charge in [-0.3, -0.25) is 0 Å². The van der Waals surface area contributed by atoms with Crippen LogP contribution in [-0.4, -0.2) is 10.8 Å². The maximum atomic E-state index is 4.74. The third-order valence-electron chi connectivity index (χ3n) is 2.90. The molecule has 1 nitrogen and oxygen atoms in total. The van der Waals surface area contributed by atoms with Crippen molar-refractivity contribution in [1.82, 2.24) is 0 Å². The van der Waals surface area contributed by atoms with Gasteiger partial charge in [-0.05, 0) is 49.6 Å². The molecule has 0 saturated carbocycles. The Morgan fingerprint density at radius 3 is 2.43 bits per heavy atom. The highest BCUT2D eigenvalue weighted by Crippen LogP contribution is 2.22. The molecule has 2 aromatic carbocycles. The molecule has 0 N–H and O–H groups in total. The summed E-state index contributed by atoms with van der Waals surface area (Å²) in [5, 5.41) is 3.09. The van der Waals surface area contributed by atoms with Gasteiger partial charge in [-0.25, -0.2) is 4.99 Å². The van der Waals surface area contributed by atoms with Crippen LogP contribution in [0.3, 0.4) is 0 Å². The molecule has 0 radical (unpaired) electrons. The normalized spacial score (nSPS) is 11.8. The van der Waals surface area contributed by atoms with Crippen LogP contribution in [0, 0.1) is 6.92 Å². The number of hydrogen-bond donors (Lipinski definition) is 0. The largest absolute Gasteiger partial charge is 0.242 e. The molecule has 0 atom stereocenters. The average molecular weight is 340 g/mol. The highest BCUT2D eigenvalue weighted by molar-refractivity contribution is 8.14. The van der Waals surface area contributed by atoms with E-state index in [-0.39, 0.29) is 0 Å². The molecular formula is C20H21NS2. The van der Waals surface area contributed by atoms with E-state index in [0.29, 0.717) is 0 Å². The van der Waals surface area contributed by atoms with Crippen LogP contribution >= 0.6 is 23.5 Å². The Balaban J connectivity index is 2.09. The zero-order chi connectivity index (χ0) is 16.5. The molecule has 2 rings (SSSR count). The van der Waals surface area contributed by atoms with Gasteiger partial charge >= 0.3 is 0 Å². The number of nitrogens with zero attached hydrogens (tertiary/aromatic N) is 1.